The van der Waals surface area contributed by atoms with Crippen molar-refractivity contribution in [3.05, 3.63) is 0 Å². The van der Waals surface area contributed by atoms with Gasteiger partial charge in [-0.05, 0) is 0 Å². The summed E-state index contributed by atoms with van der Waals surface area (Å²) in [7, 11) is 0. The molecule has 0 saturated carbocycles. The fourth-order valence-corrected chi connectivity index (χ4v) is 1.24. The predicted molar refractivity (Wildman–Crippen MR) is 50.2 cm³/mol. The van der Waals surface area contributed by atoms with Crippen LogP contribution in [0.2, 0.25) is 0 Å². The molecule has 0 bridgehead atoms. The lowest BCUT2D eigenvalue weighted by Crippen LogP contribution is -2.71. The van der Waals surface area contributed by atoms with Crippen LogP contribution in [0, 0.1) is 5.41 Å². The van der Waals surface area contributed by atoms with E-state index in [1.54, 1.807) is 0 Å². The standard InChI is InChI=1S/C10H9F13/c1-4(2,3)5(11,12)6(13,14)7(15,16)8(17,18)9(19,20)10(21,22)23/h1-3H3. The fourth-order valence-electron chi connectivity index (χ4n) is 1.24. The summed E-state index contributed by atoms with van der Waals surface area (Å²) in [6.07, 6.45) is -7.38. The lowest BCUT2D eigenvalue weighted by molar-refractivity contribution is -0.446. The van der Waals surface area contributed by atoms with Crippen LogP contribution in [0.15, 0.2) is 0 Å². The van der Waals surface area contributed by atoms with Crippen molar-refractivity contribution in [1.29, 1.82) is 0 Å². The van der Waals surface area contributed by atoms with Gasteiger partial charge in [-0.2, -0.15) is 57.1 Å². The lowest BCUT2D eigenvalue weighted by atomic mass is 9.80. The third-order valence-corrected chi connectivity index (χ3v) is 2.88. The third kappa shape index (κ3) is 2.73. The maximum atomic E-state index is 13.3. The highest BCUT2D eigenvalue weighted by atomic mass is 19.4. The van der Waals surface area contributed by atoms with Crippen LogP contribution in [0.4, 0.5) is 57.1 Å². The van der Waals surface area contributed by atoms with Crippen LogP contribution in [-0.2, 0) is 0 Å². The molecule has 0 heterocycles. The fraction of sp³-hybridized carbons (Fsp3) is 1.00. The van der Waals surface area contributed by atoms with Crippen molar-refractivity contribution in [2.24, 2.45) is 5.41 Å². The molecule has 0 aromatic heterocycles. The normalized spacial score (nSPS) is 16.7. The zero-order valence-electron chi connectivity index (χ0n) is 11.4. The van der Waals surface area contributed by atoms with E-state index in [4.69, 9.17) is 0 Å². The molecule has 0 aliphatic rings. The van der Waals surface area contributed by atoms with Crippen molar-refractivity contribution >= 4 is 0 Å². The number of rotatable bonds is 4. The molecule has 23 heavy (non-hydrogen) atoms. The Hall–Kier alpha value is -0.910. The van der Waals surface area contributed by atoms with Crippen molar-refractivity contribution in [3.8, 4) is 0 Å². The maximum absolute atomic E-state index is 13.3. The van der Waals surface area contributed by atoms with Gasteiger partial charge in [-0.1, -0.05) is 20.8 Å². The molecule has 0 rings (SSSR count). The summed E-state index contributed by atoms with van der Waals surface area (Å²) in [6, 6.07) is 0. The highest BCUT2D eigenvalue weighted by Gasteiger charge is 2.91. The summed E-state index contributed by atoms with van der Waals surface area (Å²) in [4.78, 5) is 0. The zero-order valence-corrected chi connectivity index (χ0v) is 11.4. The van der Waals surface area contributed by atoms with Gasteiger partial charge >= 0.3 is 35.8 Å². The Balaban J connectivity index is 6.37. The van der Waals surface area contributed by atoms with Crippen LogP contribution in [-0.4, -0.2) is 35.8 Å². The molecule has 0 aliphatic carbocycles. The predicted octanol–water partition coefficient (Wildman–Crippen LogP) is 5.77. The Bertz CT molecular complexity index is 397. The molecule has 0 N–H and O–H groups in total. The number of alkyl halides is 13. The van der Waals surface area contributed by atoms with E-state index in [0.29, 0.717) is 0 Å². The molecule has 0 aliphatic heterocycles. The van der Waals surface area contributed by atoms with E-state index in [9.17, 15) is 57.1 Å². The topological polar surface area (TPSA) is 0 Å². The van der Waals surface area contributed by atoms with E-state index >= 15 is 0 Å². The Morgan fingerprint density at radius 2 is 0.565 bits per heavy atom. The van der Waals surface area contributed by atoms with Gasteiger partial charge in [0.25, 0.3) is 0 Å². The van der Waals surface area contributed by atoms with E-state index in [0.717, 1.165) is 0 Å². The maximum Gasteiger partial charge on any atom is 0.460 e. The quantitative estimate of drug-likeness (QED) is 0.547. The first-order valence-electron chi connectivity index (χ1n) is 5.46. The van der Waals surface area contributed by atoms with E-state index < -0.39 is 41.2 Å². The van der Waals surface area contributed by atoms with Gasteiger partial charge in [-0.25, -0.2) is 0 Å². The Kier molecular flexibility index (Phi) is 4.84. The molecule has 0 nitrogen and oxygen atoms in total. The Morgan fingerprint density at radius 3 is 0.783 bits per heavy atom. The molecular formula is C10H9F13. The van der Waals surface area contributed by atoms with Crippen LogP contribution in [0.1, 0.15) is 20.8 Å². The molecule has 0 aromatic carbocycles. The molecule has 0 aromatic rings. The van der Waals surface area contributed by atoms with Gasteiger partial charge in [0.2, 0.25) is 0 Å². The van der Waals surface area contributed by atoms with E-state index in [2.05, 4.69) is 0 Å². The van der Waals surface area contributed by atoms with Crippen LogP contribution in [0.25, 0.3) is 0 Å². The molecule has 0 spiro atoms. The monoisotopic (exact) mass is 376 g/mol. The largest absolute Gasteiger partial charge is 0.460 e. The second-order valence-corrected chi connectivity index (χ2v) is 5.62. The first-order valence-corrected chi connectivity index (χ1v) is 5.46. The molecule has 0 saturated heterocycles. The van der Waals surface area contributed by atoms with Crippen LogP contribution in [0.5, 0.6) is 0 Å². The van der Waals surface area contributed by atoms with Crippen molar-refractivity contribution in [2.45, 2.75) is 56.6 Å². The lowest BCUT2D eigenvalue weighted by Gasteiger charge is -2.43. The molecule has 0 amide bonds. The SMILES string of the molecule is CC(C)(C)C(F)(F)C(F)(F)C(F)(F)C(F)(F)C(F)(F)C(F)(F)F. The van der Waals surface area contributed by atoms with Crippen molar-refractivity contribution < 1.29 is 57.1 Å². The second-order valence-electron chi connectivity index (χ2n) is 5.62. The van der Waals surface area contributed by atoms with Gasteiger partial charge in [-0.3, -0.25) is 0 Å². The third-order valence-electron chi connectivity index (χ3n) is 2.88. The summed E-state index contributed by atoms with van der Waals surface area (Å²) < 4.78 is 165. The highest BCUT2D eigenvalue weighted by Crippen LogP contribution is 2.62. The second kappa shape index (κ2) is 5.04. The minimum atomic E-state index is -7.84. The zero-order chi connectivity index (χ0) is 19.5. The van der Waals surface area contributed by atoms with Crippen LogP contribution >= 0.6 is 0 Å². The van der Waals surface area contributed by atoms with E-state index in [1.807, 2.05) is 0 Å². The molecular weight excluding hydrogens is 367 g/mol. The number of hydrogen-bond donors (Lipinski definition) is 0. The minimum absolute atomic E-state index is 0.178. The van der Waals surface area contributed by atoms with Gasteiger partial charge in [0, 0.05) is 5.41 Å². The highest BCUT2D eigenvalue weighted by molar-refractivity contribution is 5.12. The van der Waals surface area contributed by atoms with Crippen molar-refractivity contribution in [2.75, 3.05) is 0 Å². The number of halogens is 13. The Labute approximate surface area is 120 Å². The number of hydrogen-bond acceptors (Lipinski definition) is 0. The first kappa shape index (κ1) is 22.1. The van der Waals surface area contributed by atoms with E-state index in [-0.39, 0.29) is 20.8 Å². The van der Waals surface area contributed by atoms with Crippen LogP contribution < -0.4 is 0 Å². The van der Waals surface area contributed by atoms with Crippen molar-refractivity contribution in [3.63, 3.8) is 0 Å². The van der Waals surface area contributed by atoms with Gasteiger partial charge < -0.3 is 0 Å². The summed E-state index contributed by atoms with van der Waals surface area (Å²) in [5.74, 6) is -36.5. The minimum Gasteiger partial charge on any atom is -0.199 e. The molecule has 0 atom stereocenters. The van der Waals surface area contributed by atoms with Gasteiger partial charge in [-0.15, -0.1) is 0 Å². The van der Waals surface area contributed by atoms with Crippen LogP contribution in [0.3, 0.4) is 0 Å². The average Bonchev–Trinajstić information content (AvgIpc) is 2.24. The summed E-state index contributed by atoms with van der Waals surface area (Å²) in [6.45, 7) is 0.533. The average molecular weight is 376 g/mol. The molecule has 13 heteroatoms. The van der Waals surface area contributed by atoms with Gasteiger partial charge in [0.15, 0.2) is 0 Å². The summed E-state index contributed by atoms with van der Waals surface area (Å²) >= 11 is 0. The molecule has 0 fully saturated rings. The smallest absolute Gasteiger partial charge is 0.199 e. The first-order chi connectivity index (χ1) is 9.50. The molecule has 0 unspecified atom stereocenters. The van der Waals surface area contributed by atoms with Gasteiger partial charge in [0.1, 0.15) is 0 Å². The summed E-state index contributed by atoms with van der Waals surface area (Å²) in [5.41, 5.74) is -3.16. The summed E-state index contributed by atoms with van der Waals surface area (Å²) in [5, 5.41) is 0. The Morgan fingerprint density at radius 1 is 0.348 bits per heavy atom. The molecule has 0 radical (unpaired) electrons. The van der Waals surface area contributed by atoms with Crippen molar-refractivity contribution in [1.82, 2.24) is 0 Å². The van der Waals surface area contributed by atoms with E-state index in [1.165, 1.54) is 0 Å². The van der Waals surface area contributed by atoms with Gasteiger partial charge in [0.05, 0.1) is 0 Å². The molecule has 140 valence electrons.